The molecule has 4 fully saturated rings. The molecule has 0 amide bonds. The van der Waals surface area contributed by atoms with Crippen LogP contribution in [0.2, 0.25) is 24.2 Å². The van der Waals surface area contributed by atoms with Crippen LogP contribution >= 0.6 is 17.0 Å². The Morgan fingerprint density at radius 1 is 0.615 bits per heavy atom. The van der Waals surface area contributed by atoms with Crippen LogP contribution in [0, 0.1) is 38.5 Å². The second-order valence-electron chi connectivity index (χ2n) is 9.68. The van der Waals surface area contributed by atoms with E-state index in [1.165, 1.54) is 22.9 Å². The van der Waals surface area contributed by atoms with Gasteiger partial charge in [0.15, 0.2) is 0 Å². The van der Waals surface area contributed by atoms with E-state index in [0.717, 1.165) is 11.8 Å². The van der Waals surface area contributed by atoms with Gasteiger partial charge in [0.05, 0.1) is 8.07 Å². The Bertz CT molecular complexity index is 370. The van der Waals surface area contributed by atoms with Gasteiger partial charge < -0.3 is 14.9 Å². The van der Waals surface area contributed by atoms with Crippen molar-refractivity contribution in [1.82, 2.24) is 0 Å². The molecule has 4 rings (SSSR count). The molecular formula is C22H42Cl2SiZr. The summed E-state index contributed by atoms with van der Waals surface area (Å²) in [6.45, 7) is 5.66. The first kappa shape index (κ1) is 25.7. The van der Waals surface area contributed by atoms with Crippen molar-refractivity contribution in [3.63, 3.8) is 0 Å². The van der Waals surface area contributed by atoms with Gasteiger partial charge in [-0.05, 0) is 34.8 Å². The zero-order valence-electron chi connectivity index (χ0n) is 17.7. The third-order valence-electron chi connectivity index (χ3n) is 8.58. The molecule has 4 saturated carbocycles. The van der Waals surface area contributed by atoms with Crippen molar-refractivity contribution < 1.29 is 20.8 Å². The molecule has 0 N–H and O–H groups in total. The molecule has 0 heterocycles. The molecule has 0 aromatic carbocycles. The van der Waals surface area contributed by atoms with Gasteiger partial charge in [0.25, 0.3) is 0 Å². The van der Waals surface area contributed by atoms with Crippen LogP contribution in [0.5, 0.6) is 0 Å². The summed E-state index contributed by atoms with van der Waals surface area (Å²) in [6, 6.07) is 0. The van der Waals surface area contributed by atoms with Crippen LogP contribution in [0.15, 0.2) is 0 Å². The fourth-order valence-electron chi connectivity index (χ4n) is 7.59. The number of halogens is 2. The van der Waals surface area contributed by atoms with Crippen molar-refractivity contribution in [2.24, 2.45) is 23.7 Å². The number of fused-ring (bicyclic) bond motifs is 2. The third-order valence-corrected chi connectivity index (χ3v) is 13.8. The van der Waals surface area contributed by atoms with Crippen molar-refractivity contribution in [3.05, 3.63) is 14.9 Å². The minimum atomic E-state index is -1.05. The maximum absolute atomic E-state index is 4.93. The molecule has 4 heteroatoms. The predicted molar refractivity (Wildman–Crippen MR) is 119 cm³/mol. The number of hydrogen-bond donors (Lipinski definition) is 0. The van der Waals surface area contributed by atoms with Gasteiger partial charge in [0.2, 0.25) is 0 Å². The van der Waals surface area contributed by atoms with Crippen LogP contribution in [0.1, 0.15) is 77.0 Å². The summed E-state index contributed by atoms with van der Waals surface area (Å²) < 4.78 is 0. The van der Waals surface area contributed by atoms with Gasteiger partial charge in [-0.25, -0.2) is 0 Å². The van der Waals surface area contributed by atoms with Crippen molar-refractivity contribution in [2.45, 2.75) is 101 Å². The Labute approximate surface area is 184 Å². The van der Waals surface area contributed by atoms with E-state index in [0.29, 0.717) is 0 Å². The second-order valence-corrected chi connectivity index (χ2v) is 18.5. The zero-order valence-corrected chi connectivity index (χ0v) is 22.7. The zero-order chi connectivity index (χ0) is 17.2. The third kappa shape index (κ3) is 5.43. The number of rotatable bonds is 2. The first-order chi connectivity index (χ1) is 11.6. The van der Waals surface area contributed by atoms with Gasteiger partial charge in [0, 0.05) is 0 Å². The van der Waals surface area contributed by atoms with E-state index in [2.05, 4.69) is 13.1 Å². The second kappa shape index (κ2) is 11.8. The first-order valence-corrected chi connectivity index (χ1v) is 20.0. The Morgan fingerprint density at radius 2 is 0.962 bits per heavy atom. The quantitative estimate of drug-likeness (QED) is 0.264. The summed E-state index contributed by atoms with van der Waals surface area (Å²) in [4.78, 5) is 0. The molecule has 0 nitrogen and oxygen atoms in total. The molecule has 26 heavy (non-hydrogen) atoms. The summed E-state index contributed by atoms with van der Waals surface area (Å²) in [5.74, 6) is 4.64. The Hall–Kier alpha value is 1.68. The summed E-state index contributed by atoms with van der Waals surface area (Å²) in [5.41, 5.74) is 2.40. The first-order valence-electron chi connectivity index (χ1n) is 10.6. The maximum atomic E-state index is 4.93. The average molecular weight is 497 g/mol. The summed E-state index contributed by atoms with van der Waals surface area (Å²) in [7, 11) is 8.81. The monoisotopic (exact) mass is 494 g/mol. The van der Waals surface area contributed by atoms with Crippen LogP contribution in [0.25, 0.3) is 0 Å². The molecule has 0 aromatic heterocycles. The van der Waals surface area contributed by atoms with E-state index >= 15 is 0 Å². The molecule has 0 saturated heterocycles. The standard InChI is InChI=1S/C20H36Si.2CH3.2ClH.Zr/c1-21(2,19-13-11-15-7-3-5-9-17(15)19)20-14-12-16-8-4-6-10-18(16)20;;;;;/h15-20H,3-14H2,1-2H3;2*1H3;2*1H;/q;2*-1;;;+4/p-2. The summed E-state index contributed by atoms with van der Waals surface area (Å²) in [5, 5.41) is 0. The SMILES string of the molecule is C[Si](C)(C1CCC2CCCCC21)C1CCC2CCCCC21.[CH3-].[CH3-].[Cl][Zr+2][Cl]. The molecule has 152 valence electrons. The molecule has 0 aliphatic heterocycles. The topological polar surface area (TPSA) is 0 Å². The van der Waals surface area contributed by atoms with Crippen molar-refractivity contribution >= 4 is 25.1 Å². The van der Waals surface area contributed by atoms with Crippen LogP contribution in [0.3, 0.4) is 0 Å². The van der Waals surface area contributed by atoms with E-state index in [4.69, 9.17) is 17.0 Å². The molecule has 0 bridgehead atoms. The molecule has 6 atom stereocenters. The van der Waals surface area contributed by atoms with Crippen LogP contribution in [0.4, 0.5) is 0 Å². The Kier molecular flexibility index (Phi) is 11.6. The average Bonchev–Trinajstić information content (AvgIpc) is 3.20. The van der Waals surface area contributed by atoms with Crippen LogP contribution in [-0.4, -0.2) is 8.07 Å². The molecule has 0 spiro atoms. The Morgan fingerprint density at radius 3 is 1.35 bits per heavy atom. The van der Waals surface area contributed by atoms with Gasteiger partial charge in [-0.1, -0.05) is 90.1 Å². The predicted octanol–water partition coefficient (Wildman–Crippen LogP) is 8.91. The summed E-state index contributed by atoms with van der Waals surface area (Å²) >= 11 is -0.826. The van der Waals surface area contributed by atoms with E-state index in [9.17, 15) is 0 Å². The van der Waals surface area contributed by atoms with E-state index in [1.54, 1.807) is 77.0 Å². The normalized spacial score (nSPS) is 38.5. The van der Waals surface area contributed by atoms with Crippen molar-refractivity contribution in [2.75, 3.05) is 0 Å². The van der Waals surface area contributed by atoms with Gasteiger partial charge in [-0.15, -0.1) is 0 Å². The molecule has 0 radical (unpaired) electrons. The molecular weight excluding hydrogens is 454 g/mol. The minimum absolute atomic E-state index is 0. The molecule has 4 aliphatic rings. The molecule has 6 unspecified atom stereocenters. The fraction of sp³-hybridized carbons (Fsp3) is 0.909. The van der Waals surface area contributed by atoms with Crippen molar-refractivity contribution in [3.8, 4) is 0 Å². The van der Waals surface area contributed by atoms with E-state index in [-0.39, 0.29) is 14.9 Å². The van der Waals surface area contributed by atoms with E-state index in [1.807, 2.05) is 0 Å². The van der Waals surface area contributed by atoms with Gasteiger partial charge in [-0.3, -0.25) is 0 Å². The van der Waals surface area contributed by atoms with E-state index < -0.39 is 28.9 Å². The van der Waals surface area contributed by atoms with Crippen LogP contribution in [-0.2, 0) is 20.8 Å². The van der Waals surface area contributed by atoms with Crippen molar-refractivity contribution in [1.29, 1.82) is 0 Å². The number of hydrogen-bond acceptors (Lipinski definition) is 0. The van der Waals surface area contributed by atoms with Gasteiger partial charge >= 0.3 is 37.9 Å². The molecule has 4 aliphatic carbocycles. The van der Waals surface area contributed by atoms with Crippen LogP contribution < -0.4 is 0 Å². The Balaban J connectivity index is 0.000000635. The molecule has 0 aromatic rings. The summed E-state index contributed by atoms with van der Waals surface area (Å²) in [6.07, 6.45) is 19.0. The fourth-order valence-corrected chi connectivity index (χ4v) is 13.0. The van der Waals surface area contributed by atoms with Gasteiger partial charge in [-0.2, -0.15) is 0 Å². The van der Waals surface area contributed by atoms with Gasteiger partial charge in [0.1, 0.15) is 0 Å².